The van der Waals surface area contributed by atoms with Crippen LogP contribution < -0.4 is 0 Å². The number of esters is 1. The summed E-state index contributed by atoms with van der Waals surface area (Å²) in [4.78, 5) is 10.8. The molecule has 0 aliphatic heterocycles. The number of rotatable bonds is 4. The third-order valence-electron chi connectivity index (χ3n) is 1.13. The number of carbonyl (C=O) groups is 1. The lowest BCUT2D eigenvalue weighted by atomic mass is 10.4. The van der Waals surface area contributed by atoms with E-state index in [4.69, 9.17) is 9.47 Å². The number of methoxy groups -OCH3 is 1. The minimum absolute atomic E-state index is 0.288. The van der Waals surface area contributed by atoms with Gasteiger partial charge in [0.05, 0.1) is 6.61 Å². The van der Waals surface area contributed by atoms with Gasteiger partial charge < -0.3 is 9.47 Å². The van der Waals surface area contributed by atoms with Crippen molar-refractivity contribution in [3.8, 4) is 0 Å². The second-order valence-corrected chi connectivity index (χ2v) is 2.05. The largest absolute Gasteiger partial charge is 0.464 e. The summed E-state index contributed by atoms with van der Waals surface area (Å²) in [6.45, 7) is 4.09. The Balaban J connectivity index is 3.42. The van der Waals surface area contributed by atoms with E-state index in [1.807, 2.05) is 6.92 Å². The first-order valence-electron chi connectivity index (χ1n) is 3.41. The van der Waals surface area contributed by atoms with E-state index in [9.17, 15) is 4.79 Å². The Bertz CT molecular complexity index is 101. The summed E-state index contributed by atoms with van der Waals surface area (Å²) in [6.07, 6.45) is 0.411. The molecule has 0 aromatic carbocycles. The fourth-order valence-electron chi connectivity index (χ4n) is 0.416. The fourth-order valence-corrected chi connectivity index (χ4v) is 0.416. The first-order chi connectivity index (χ1) is 4.72. The molecular weight excluding hydrogens is 132 g/mol. The summed E-state index contributed by atoms with van der Waals surface area (Å²) in [7, 11) is 1.48. The maximum Gasteiger partial charge on any atom is 0.334 e. The predicted octanol–water partition coefficient (Wildman–Crippen LogP) is 0.975. The van der Waals surface area contributed by atoms with Crippen LogP contribution in [0.4, 0.5) is 0 Å². The molecule has 0 saturated heterocycles. The number of hydrogen-bond acceptors (Lipinski definition) is 3. The molecule has 0 fully saturated rings. The SMILES string of the molecule is CCCOC(=O)C(C)OC. The Labute approximate surface area is 61.3 Å². The van der Waals surface area contributed by atoms with Gasteiger partial charge in [-0.2, -0.15) is 0 Å². The van der Waals surface area contributed by atoms with E-state index in [0.29, 0.717) is 6.61 Å². The highest BCUT2D eigenvalue weighted by Gasteiger charge is 2.11. The second kappa shape index (κ2) is 5.23. The molecule has 1 atom stereocenters. The highest BCUT2D eigenvalue weighted by molar-refractivity contribution is 5.74. The average molecular weight is 146 g/mol. The minimum atomic E-state index is -0.438. The summed E-state index contributed by atoms with van der Waals surface area (Å²) in [5.41, 5.74) is 0. The molecule has 3 nitrogen and oxygen atoms in total. The third kappa shape index (κ3) is 3.45. The predicted molar refractivity (Wildman–Crippen MR) is 37.7 cm³/mol. The lowest BCUT2D eigenvalue weighted by Crippen LogP contribution is -2.21. The van der Waals surface area contributed by atoms with Crippen molar-refractivity contribution in [2.24, 2.45) is 0 Å². The van der Waals surface area contributed by atoms with E-state index in [2.05, 4.69) is 0 Å². The van der Waals surface area contributed by atoms with E-state index in [1.165, 1.54) is 7.11 Å². The average Bonchev–Trinajstić information content (AvgIpc) is 1.98. The Morgan fingerprint density at radius 3 is 2.60 bits per heavy atom. The van der Waals surface area contributed by atoms with Crippen molar-refractivity contribution in [3.05, 3.63) is 0 Å². The number of carbonyl (C=O) groups excluding carboxylic acids is 1. The highest BCUT2D eigenvalue weighted by Crippen LogP contribution is 1.92. The molecule has 0 amide bonds. The highest BCUT2D eigenvalue weighted by atomic mass is 16.6. The van der Waals surface area contributed by atoms with Crippen LogP contribution in [0.15, 0.2) is 0 Å². The van der Waals surface area contributed by atoms with E-state index in [-0.39, 0.29) is 5.97 Å². The van der Waals surface area contributed by atoms with Crippen LogP contribution in [0.2, 0.25) is 0 Å². The van der Waals surface area contributed by atoms with Gasteiger partial charge in [-0.25, -0.2) is 4.79 Å². The molecule has 3 heteroatoms. The first-order valence-corrected chi connectivity index (χ1v) is 3.41. The molecule has 0 N–H and O–H groups in total. The molecule has 0 aromatic heterocycles. The van der Waals surface area contributed by atoms with Crippen LogP contribution in [0.3, 0.4) is 0 Å². The van der Waals surface area contributed by atoms with E-state index in [0.717, 1.165) is 6.42 Å². The summed E-state index contributed by atoms with van der Waals surface area (Å²) < 4.78 is 9.51. The van der Waals surface area contributed by atoms with Gasteiger partial charge in [0.2, 0.25) is 0 Å². The topological polar surface area (TPSA) is 35.5 Å². The van der Waals surface area contributed by atoms with Crippen LogP contribution in [0.1, 0.15) is 20.3 Å². The summed E-state index contributed by atoms with van der Waals surface area (Å²) in [6, 6.07) is 0. The van der Waals surface area contributed by atoms with Crippen molar-refractivity contribution >= 4 is 5.97 Å². The van der Waals surface area contributed by atoms with Gasteiger partial charge in [0, 0.05) is 7.11 Å². The zero-order valence-corrected chi connectivity index (χ0v) is 6.72. The molecule has 0 saturated carbocycles. The first kappa shape index (κ1) is 9.43. The van der Waals surface area contributed by atoms with E-state index >= 15 is 0 Å². The maximum atomic E-state index is 10.8. The summed E-state index contributed by atoms with van der Waals surface area (Å²) in [5, 5.41) is 0. The zero-order valence-electron chi connectivity index (χ0n) is 6.72. The van der Waals surface area contributed by atoms with Crippen LogP contribution in [-0.2, 0) is 14.3 Å². The van der Waals surface area contributed by atoms with Gasteiger partial charge in [0.1, 0.15) is 0 Å². The van der Waals surface area contributed by atoms with E-state index in [1.54, 1.807) is 6.92 Å². The molecule has 0 aliphatic rings. The fraction of sp³-hybridized carbons (Fsp3) is 0.857. The second-order valence-electron chi connectivity index (χ2n) is 2.05. The molecule has 1 unspecified atom stereocenters. The van der Waals surface area contributed by atoms with Crippen molar-refractivity contribution in [3.63, 3.8) is 0 Å². The molecule has 10 heavy (non-hydrogen) atoms. The summed E-state index contributed by atoms with van der Waals surface area (Å²) >= 11 is 0. The van der Waals surface area contributed by atoms with Crippen LogP contribution >= 0.6 is 0 Å². The standard InChI is InChI=1S/C7H14O3/c1-4-5-10-7(8)6(2)9-3/h6H,4-5H2,1-3H3. The van der Waals surface area contributed by atoms with Gasteiger partial charge in [-0.1, -0.05) is 6.92 Å². The van der Waals surface area contributed by atoms with Gasteiger partial charge in [0.25, 0.3) is 0 Å². The molecule has 0 radical (unpaired) electrons. The van der Waals surface area contributed by atoms with Crippen molar-refractivity contribution < 1.29 is 14.3 Å². The number of ether oxygens (including phenoxy) is 2. The Morgan fingerprint density at radius 2 is 2.20 bits per heavy atom. The van der Waals surface area contributed by atoms with Gasteiger partial charge in [-0.15, -0.1) is 0 Å². The minimum Gasteiger partial charge on any atom is -0.464 e. The van der Waals surface area contributed by atoms with Gasteiger partial charge in [0.15, 0.2) is 6.10 Å². The lowest BCUT2D eigenvalue weighted by molar-refractivity contribution is -0.154. The molecular formula is C7H14O3. The molecule has 0 bridgehead atoms. The molecule has 0 aliphatic carbocycles. The van der Waals surface area contributed by atoms with Crippen LogP contribution in [0.25, 0.3) is 0 Å². The monoisotopic (exact) mass is 146 g/mol. The Kier molecular flexibility index (Phi) is 4.94. The van der Waals surface area contributed by atoms with Crippen LogP contribution in [-0.4, -0.2) is 25.8 Å². The summed E-state index contributed by atoms with van der Waals surface area (Å²) in [5.74, 6) is -0.288. The van der Waals surface area contributed by atoms with Crippen molar-refractivity contribution in [1.82, 2.24) is 0 Å². The van der Waals surface area contributed by atoms with Gasteiger partial charge in [-0.05, 0) is 13.3 Å². The number of hydrogen-bond donors (Lipinski definition) is 0. The van der Waals surface area contributed by atoms with Crippen molar-refractivity contribution in [2.75, 3.05) is 13.7 Å². The Morgan fingerprint density at radius 1 is 1.60 bits per heavy atom. The van der Waals surface area contributed by atoms with Crippen molar-refractivity contribution in [2.45, 2.75) is 26.4 Å². The normalized spacial score (nSPS) is 12.7. The third-order valence-corrected chi connectivity index (χ3v) is 1.13. The van der Waals surface area contributed by atoms with Gasteiger partial charge in [-0.3, -0.25) is 0 Å². The zero-order chi connectivity index (χ0) is 7.98. The Hall–Kier alpha value is -0.570. The van der Waals surface area contributed by atoms with Crippen molar-refractivity contribution in [1.29, 1.82) is 0 Å². The maximum absolute atomic E-state index is 10.8. The van der Waals surface area contributed by atoms with Crippen LogP contribution in [0.5, 0.6) is 0 Å². The molecule has 0 spiro atoms. The molecule has 0 heterocycles. The quantitative estimate of drug-likeness (QED) is 0.554. The van der Waals surface area contributed by atoms with Gasteiger partial charge >= 0.3 is 5.97 Å². The van der Waals surface area contributed by atoms with E-state index < -0.39 is 6.10 Å². The molecule has 60 valence electrons. The molecule has 0 aromatic rings. The lowest BCUT2D eigenvalue weighted by Gasteiger charge is -2.07. The molecule has 0 rings (SSSR count). The smallest absolute Gasteiger partial charge is 0.334 e. The van der Waals surface area contributed by atoms with Crippen LogP contribution in [0, 0.1) is 0 Å².